The zero-order chi connectivity index (χ0) is 14.1. The number of aryl methyl sites for hydroxylation is 1. The van der Waals surface area contributed by atoms with E-state index >= 15 is 0 Å². The number of aromatic carboxylic acids is 1. The third kappa shape index (κ3) is 2.14. The van der Waals surface area contributed by atoms with Crippen molar-refractivity contribution < 1.29 is 9.90 Å². The van der Waals surface area contributed by atoms with Crippen LogP contribution >= 0.6 is 0 Å². The second-order valence-electron chi connectivity index (χ2n) is 4.69. The molecule has 0 aliphatic rings. The Bertz CT molecular complexity index is 793. The lowest BCUT2D eigenvalue weighted by molar-refractivity contribution is 0.0694. The van der Waals surface area contributed by atoms with Gasteiger partial charge in [-0.25, -0.2) is 14.8 Å². The molecule has 0 aliphatic heterocycles. The third-order valence-electron chi connectivity index (χ3n) is 3.27. The van der Waals surface area contributed by atoms with Gasteiger partial charge in [-0.3, -0.25) is 0 Å². The number of carbonyl (C=O) groups is 1. The standard InChI is InChI=1S/C15H13N3O2/c1-10-2-3-11-4-5-18(14(11)6-10)8-13-12(15(19)20)7-16-9-17-13/h2-7,9H,8H2,1H3,(H,19,20). The van der Waals surface area contributed by atoms with E-state index in [2.05, 4.69) is 28.2 Å². The van der Waals surface area contributed by atoms with Gasteiger partial charge in [0.15, 0.2) is 0 Å². The van der Waals surface area contributed by atoms with Gasteiger partial charge in [0, 0.05) is 17.9 Å². The van der Waals surface area contributed by atoms with E-state index in [-0.39, 0.29) is 5.56 Å². The molecule has 2 heterocycles. The second-order valence-corrected chi connectivity index (χ2v) is 4.69. The predicted molar refractivity (Wildman–Crippen MR) is 74.8 cm³/mol. The molecule has 0 radical (unpaired) electrons. The monoisotopic (exact) mass is 267 g/mol. The van der Waals surface area contributed by atoms with Crippen LogP contribution in [0.3, 0.4) is 0 Å². The summed E-state index contributed by atoms with van der Waals surface area (Å²) in [5.41, 5.74) is 2.88. The van der Waals surface area contributed by atoms with Crippen LogP contribution in [0.5, 0.6) is 0 Å². The van der Waals surface area contributed by atoms with E-state index < -0.39 is 5.97 Å². The Morgan fingerprint density at radius 3 is 3.00 bits per heavy atom. The van der Waals surface area contributed by atoms with Crippen molar-refractivity contribution in [3.63, 3.8) is 0 Å². The molecule has 2 aromatic heterocycles. The van der Waals surface area contributed by atoms with Crippen LogP contribution in [0.15, 0.2) is 43.0 Å². The van der Waals surface area contributed by atoms with Crippen LogP contribution in [-0.2, 0) is 6.54 Å². The number of fused-ring (bicyclic) bond motifs is 1. The smallest absolute Gasteiger partial charge is 0.339 e. The van der Waals surface area contributed by atoms with Gasteiger partial charge in [-0.2, -0.15) is 0 Å². The van der Waals surface area contributed by atoms with Crippen molar-refractivity contribution in [3.8, 4) is 0 Å². The summed E-state index contributed by atoms with van der Waals surface area (Å²) in [6, 6.07) is 8.20. The van der Waals surface area contributed by atoms with Crippen LogP contribution in [0, 0.1) is 6.92 Å². The van der Waals surface area contributed by atoms with Crippen molar-refractivity contribution >= 4 is 16.9 Å². The van der Waals surface area contributed by atoms with Crippen molar-refractivity contribution in [2.24, 2.45) is 0 Å². The van der Waals surface area contributed by atoms with Crippen LogP contribution in [-0.4, -0.2) is 25.6 Å². The van der Waals surface area contributed by atoms with E-state index in [1.807, 2.05) is 23.8 Å². The summed E-state index contributed by atoms with van der Waals surface area (Å²) in [6.07, 6.45) is 4.65. The minimum Gasteiger partial charge on any atom is -0.478 e. The Balaban J connectivity index is 2.06. The molecule has 0 spiro atoms. The molecule has 1 aromatic carbocycles. The molecule has 0 saturated heterocycles. The molecule has 0 atom stereocenters. The molecule has 5 nitrogen and oxygen atoms in total. The van der Waals surface area contributed by atoms with Crippen molar-refractivity contribution in [1.29, 1.82) is 0 Å². The average molecular weight is 267 g/mol. The van der Waals surface area contributed by atoms with E-state index in [1.165, 1.54) is 18.1 Å². The number of hydrogen-bond acceptors (Lipinski definition) is 3. The lowest BCUT2D eigenvalue weighted by atomic mass is 10.2. The lowest BCUT2D eigenvalue weighted by Crippen LogP contribution is -2.09. The van der Waals surface area contributed by atoms with Gasteiger partial charge in [-0.1, -0.05) is 12.1 Å². The first kappa shape index (κ1) is 12.3. The molecule has 0 fully saturated rings. The molecule has 20 heavy (non-hydrogen) atoms. The first-order valence-corrected chi connectivity index (χ1v) is 6.23. The molecule has 0 unspecified atom stereocenters. The first-order valence-electron chi connectivity index (χ1n) is 6.23. The molecule has 3 rings (SSSR count). The number of hydrogen-bond donors (Lipinski definition) is 1. The maximum atomic E-state index is 11.2. The minimum atomic E-state index is -1.01. The predicted octanol–water partition coefficient (Wildman–Crippen LogP) is 2.49. The van der Waals surface area contributed by atoms with Gasteiger partial charge >= 0.3 is 5.97 Å². The highest BCUT2D eigenvalue weighted by Crippen LogP contribution is 2.19. The summed E-state index contributed by atoms with van der Waals surface area (Å²) in [5, 5.41) is 10.3. The van der Waals surface area contributed by atoms with Gasteiger partial charge in [0.05, 0.1) is 12.2 Å². The van der Waals surface area contributed by atoms with Gasteiger partial charge in [-0.15, -0.1) is 0 Å². The number of aromatic nitrogens is 3. The van der Waals surface area contributed by atoms with Gasteiger partial charge in [0.25, 0.3) is 0 Å². The second kappa shape index (κ2) is 4.77. The molecule has 3 aromatic rings. The number of carboxylic acids is 1. The zero-order valence-electron chi connectivity index (χ0n) is 10.9. The fourth-order valence-corrected chi connectivity index (χ4v) is 2.25. The molecule has 0 amide bonds. The molecular weight excluding hydrogens is 254 g/mol. The Kier molecular flexibility index (Phi) is 2.95. The molecule has 0 saturated carbocycles. The summed E-state index contributed by atoms with van der Waals surface area (Å²) in [5.74, 6) is -1.01. The summed E-state index contributed by atoms with van der Waals surface area (Å²) in [7, 11) is 0. The Morgan fingerprint density at radius 2 is 2.20 bits per heavy atom. The molecular formula is C15H13N3O2. The molecule has 1 N–H and O–H groups in total. The molecule has 100 valence electrons. The summed E-state index contributed by atoms with van der Waals surface area (Å²) < 4.78 is 2.00. The van der Waals surface area contributed by atoms with E-state index in [0.29, 0.717) is 12.2 Å². The maximum absolute atomic E-state index is 11.2. The Labute approximate surface area is 115 Å². The number of nitrogens with zero attached hydrogens (tertiary/aromatic N) is 3. The van der Waals surface area contributed by atoms with Crippen molar-refractivity contribution in [3.05, 3.63) is 59.8 Å². The highest BCUT2D eigenvalue weighted by Gasteiger charge is 2.12. The largest absolute Gasteiger partial charge is 0.478 e. The highest BCUT2D eigenvalue weighted by molar-refractivity contribution is 5.88. The first-order chi connectivity index (χ1) is 9.65. The van der Waals surface area contributed by atoms with Gasteiger partial charge in [-0.05, 0) is 30.0 Å². The quantitative estimate of drug-likeness (QED) is 0.791. The van der Waals surface area contributed by atoms with Crippen LogP contribution in [0.25, 0.3) is 10.9 Å². The van der Waals surface area contributed by atoms with E-state index in [9.17, 15) is 4.79 Å². The normalized spacial score (nSPS) is 10.8. The zero-order valence-corrected chi connectivity index (χ0v) is 10.9. The third-order valence-corrected chi connectivity index (χ3v) is 3.27. The van der Waals surface area contributed by atoms with Crippen molar-refractivity contribution in [2.45, 2.75) is 13.5 Å². The van der Waals surface area contributed by atoms with E-state index in [0.717, 1.165) is 10.9 Å². The number of carboxylic acid groups (broad SMARTS) is 1. The summed E-state index contributed by atoms with van der Waals surface area (Å²) >= 11 is 0. The van der Waals surface area contributed by atoms with Crippen LogP contribution in [0.2, 0.25) is 0 Å². The van der Waals surface area contributed by atoms with Crippen molar-refractivity contribution in [2.75, 3.05) is 0 Å². The van der Waals surface area contributed by atoms with Crippen LogP contribution < -0.4 is 0 Å². The highest BCUT2D eigenvalue weighted by atomic mass is 16.4. The van der Waals surface area contributed by atoms with Gasteiger partial charge in [0.1, 0.15) is 11.9 Å². The van der Waals surface area contributed by atoms with Gasteiger partial charge < -0.3 is 9.67 Å². The SMILES string of the molecule is Cc1ccc2ccn(Cc3ncncc3C(=O)O)c2c1. The summed E-state index contributed by atoms with van der Waals surface area (Å²) in [6.45, 7) is 2.45. The Morgan fingerprint density at radius 1 is 1.35 bits per heavy atom. The lowest BCUT2D eigenvalue weighted by Gasteiger charge is -2.07. The fourth-order valence-electron chi connectivity index (χ4n) is 2.25. The molecule has 0 bridgehead atoms. The summed E-state index contributed by atoms with van der Waals surface area (Å²) in [4.78, 5) is 19.0. The van der Waals surface area contributed by atoms with Gasteiger partial charge in [0.2, 0.25) is 0 Å². The maximum Gasteiger partial charge on any atom is 0.339 e. The number of rotatable bonds is 3. The minimum absolute atomic E-state index is 0.141. The van der Waals surface area contributed by atoms with Crippen LogP contribution in [0.4, 0.5) is 0 Å². The molecule has 5 heteroatoms. The van der Waals surface area contributed by atoms with Crippen molar-refractivity contribution in [1.82, 2.24) is 14.5 Å². The van der Waals surface area contributed by atoms with E-state index in [4.69, 9.17) is 5.11 Å². The average Bonchev–Trinajstić information content (AvgIpc) is 2.82. The van der Waals surface area contributed by atoms with Crippen LogP contribution in [0.1, 0.15) is 21.6 Å². The fraction of sp³-hybridized carbons (Fsp3) is 0.133. The topological polar surface area (TPSA) is 68.0 Å². The van der Waals surface area contributed by atoms with E-state index in [1.54, 1.807) is 0 Å². The molecule has 0 aliphatic carbocycles. The Hall–Kier alpha value is -2.69. The number of benzene rings is 1.